The first kappa shape index (κ1) is 12.3. The average molecular weight is 145 g/mol. The van der Waals surface area contributed by atoms with Crippen LogP contribution in [0.15, 0.2) is 0 Å². The number of rotatable bonds is 3. The lowest BCUT2D eigenvalue weighted by atomic mass is 10.3. The number of likely N-dealkylation sites (N-methyl/N-ethyl adjacent to an activating group) is 1. The van der Waals surface area contributed by atoms with Gasteiger partial charge in [-0.2, -0.15) is 0 Å². The van der Waals surface area contributed by atoms with E-state index in [4.69, 9.17) is 0 Å². The number of nitrogens with zero attached hydrogens (tertiary/aromatic N) is 1. The van der Waals surface area contributed by atoms with E-state index in [0.717, 1.165) is 0 Å². The monoisotopic (exact) mass is 145 g/mol. The Hall–Kier alpha value is -0.370. The van der Waals surface area contributed by atoms with Crippen molar-refractivity contribution in [2.75, 3.05) is 20.6 Å². The normalized spacial score (nSPS) is 8.60. The molecule has 0 saturated carbocycles. The quantitative estimate of drug-likeness (QED) is 0.600. The highest BCUT2D eigenvalue weighted by atomic mass is 16.1. The maximum Gasteiger partial charge on any atom is 0.146 e. The number of ketones is 1. The van der Waals surface area contributed by atoms with E-state index in [0.29, 0.717) is 18.7 Å². The Kier molecular flexibility index (Phi) is 10.6. The van der Waals surface area contributed by atoms with E-state index < -0.39 is 0 Å². The SMILES string of the molecule is CC.CCC(=O)CN(C)C. The molecule has 0 atom stereocenters. The maximum atomic E-state index is 10.6. The Balaban J connectivity index is 0. The zero-order valence-corrected chi connectivity index (χ0v) is 7.77. The van der Waals surface area contributed by atoms with E-state index >= 15 is 0 Å². The third kappa shape index (κ3) is 10.6. The van der Waals surface area contributed by atoms with Crippen LogP contribution in [0.2, 0.25) is 0 Å². The number of hydrogen-bond donors (Lipinski definition) is 0. The smallest absolute Gasteiger partial charge is 0.146 e. The number of carbonyl (C=O) groups is 1. The van der Waals surface area contributed by atoms with Crippen LogP contribution >= 0.6 is 0 Å². The van der Waals surface area contributed by atoms with Crippen molar-refractivity contribution in [3.63, 3.8) is 0 Å². The van der Waals surface area contributed by atoms with Gasteiger partial charge in [0, 0.05) is 6.42 Å². The van der Waals surface area contributed by atoms with Crippen molar-refractivity contribution in [1.29, 1.82) is 0 Å². The van der Waals surface area contributed by atoms with Crippen LogP contribution in [0.25, 0.3) is 0 Å². The second kappa shape index (κ2) is 8.63. The van der Waals surface area contributed by atoms with Gasteiger partial charge < -0.3 is 4.90 Å². The summed E-state index contributed by atoms with van der Waals surface area (Å²) >= 11 is 0. The van der Waals surface area contributed by atoms with Gasteiger partial charge in [-0.25, -0.2) is 0 Å². The second-order valence-electron chi connectivity index (χ2n) is 2.13. The minimum atomic E-state index is 0.301. The Morgan fingerprint density at radius 3 is 1.80 bits per heavy atom. The highest BCUT2D eigenvalue weighted by Gasteiger charge is 1.96. The van der Waals surface area contributed by atoms with Crippen LogP contribution in [0.4, 0.5) is 0 Å². The van der Waals surface area contributed by atoms with Gasteiger partial charge in [-0.15, -0.1) is 0 Å². The Morgan fingerprint density at radius 2 is 1.70 bits per heavy atom. The molecule has 0 radical (unpaired) electrons. The minimum absolute atomic E-state index is 0.301. The molecule has 0 aromatic rings. The van der Waals surface area contributed by atoms with Gasteiger partial charge in [0.25, 0.3) is 0 Å². The fraction of sp³-hybridized carbons (Fsp3) is 0.875. The molecule has 2 nitrogen and oxygen atoms in total. The second-order valence-corrected chi connectivity index (χ2v) is 2.13. The van der Waals surface area contributed by atoms with Crippen LogP contribution in [-0.4, -0.2) is 31.3 Å². The molecule has 0 bridgehead atoms. The lowest BCUT2D eigenvalue weighted by Crippen LogP contribution is -2.20. The summed E-state index contributed by atoms with van der Waals surface area (Å²) in [5, 5.41) is 0. The molecule has 0 aliphatic heterocycles. The molecule has 0 unspecified atom stereocenters. The summed E-state index contributed by atoms with van der Waals surface area (Å²) in [5.41, 5.74) is 0. The number of carbonyl (C=O) groups excluding carboxylic acids is 1. The molecule has 0 aromatic heterocycles. The fourth-order valence-corrected chi connectivity index (χ4v) is 0.465. The van der Waals surface area contributed by atoms with Crippen molar-refractivity contribution in [1.82, 2.24) is 4.90 Å². The molecule has 0 aliphatic carbocycles. The van der Waals surface area contributed by atoms with E-state index in [2.05, 4.69) is 0 Å². The van der Waals surface area contributed by atoms with E-state index in [9.17, 15) is 4.79 Å². The molecule has 0 rings (SSSR count). The van der Waals surface area contributed by atoms with Gasteiger partial charge in [-0.1, -0.05) is 20.8 Å². The standard InChI is InChI=1S/C6H13NO.C2H6/c1-4-6(8)5-7(2)3;1-2/h4-5H2,1-3H3;1-2H3. The molecule has 0 saturated heterocycles. The molecule has 0 aromatic carbocycles. The lowest BCUT2D eigenvalue weighted by molar-refractivity contribution is -0.119. The molecule has 10 heavy (non-hydrogen) atoms. The van der Waals surface area contributed by atoms with Crippen LogP contribution in [-0.2, 0) is 4.79 Å². The van der Waals surface area contributed by atoms with Crippen molar-refractivity contribution in [2.24, 2.45) is 0 Å². The van der Waals surface area contributed by atoms with Crippen LogP contribution in [0, 0.1) is 0 Å². The summed E-state index contributed by atoms with van der Waals surface area (Å²) in [7, 11) is 3.79. The summed E-state index contributed by atoms with van der Waals surface area (Å²) in [6.45, 7) is 6.46. The molecule has 0 spiro atoms. The molecule has 0 amide bonds. The van der Waals surface area contributed by atoms with E-state index in [1.807, 2.05) is 39.8 Å². The van der Waals surface area contributed by atoms with Crippen LogP contribution in [0.1, 0.15) is 27.2 Å². The lowest BCUT2D eigenvalue weighted by Gasteiger charge is -2.05. The van der Waals surface area contributed by atoms with Gasteiger partial charge in [-0.3, -0.25) is 4.79 Å². The van der Waals surface area contributed by atoms with E-state index in [1.165, 1.54) is 0 Å². The molecule has 0 N–H and O–H groups in total. The van der Waals surface area contributed by atoms with E-state index in [1.54, 1.807) is 0 Å². The largest absolute Gasteiger partial charge is 0.302 e. The maximum absolute atomic E-state index is 10.6. The summed E-state index contributed by atoms with van der Waals surface area (Å²) in [4.78, 5) is 12.5. The third-order valence-electron chi connectivity index (χ3n) is 0.887. The van der Waals surface area contributed by atoms with Gasteiger partial charge in [0.2, 0.25) is 0 Å². The number of Topliss-reactive ketones (excluding diaryl/α,β-unsaturated/α-hetero) is 1. The predicted octanol–water partition coefficient (Wildman–Crippen LogP) is 1.55. The van der Waals surface area contributed by atoms with Crippen LogP contribution < -0.4 is 0 Å². The summed E-state index contributed by atoms with van der Waals surface area (Å²) in [6.07, 6.45) is 0.651. The minimum Gasteiger partial charge on any atom is -0.302 e. The Bertz CT molecular complexity index is 79.3. The highest BCUT2D eigenvalue weighted by Crippen LogP contribution is 1.81. The first-order valence-corrected chi connectivity index (χ1v) is 3.83. The highest BCUT2D eigenvalue weighted by molar-refractivity contribution is 5.79. The summed E-state index contributed by atoms with van der Waals surface area (Å²) < 4.78 is 0. The first-order valence-electron chi connectivity index (χ1n) is 3.83. The first-order chi connectivity index (χ1) is 4.66. The van der Waals surface area contributed by atoms with Crippen LogP contribution in [0.3, 0.4) is 0 Å². The van der Waals surface area contributed by atoms with Crippen molar-refractivity contribution in [3.05, 3.63) is 0 Å². The Labute approximate surface area is 64.2 Å². The molecule has 0 fully saturated rings. The van der Waals surface area contributed by atoms with Gasteiger partial charge in [0.1, 0.15) is 5.78 Å². The molecule has 2 heteroatoms. The average Bonchev–Trinajstić information content (AvgIpc) is 1.91. The molecular weight excluding hydrogens is 126 g/mol. The van der Waals surface area contributed by atoms with Crippen molar-refractivity contribution in [3.8, 4) is 0 Å². The molecular formula is C8H19NO. The molecule has 0 heterocycles. The third-order valence-corrected chi connectivity index (χ3v) is 0.887. The molecule has 0 aliphatic rings. The van der Waals surface area contributed by atoms with Gasteiger partial charge in [0.15, 0.2) is 0 Å². The van der Waals surface area contributed by atoms with Gasteiger partial charge >= 0.3 is 0 Å². The zero-order chi connectivity index (χ0) is 8.57. The van der Waals surface area contributed by atoms with Crippen molar-refractivity contribution in [2.45, 2.75) is 27.2 Å². The summed E-state index contributed by atoms with van der Waals surface area (Å²) in [5.74, 6) is 0.301. The summed E-state index contributed by atoms with van der Waals surface area (Å²) in [6, 6.07) is 0. The van der Waals surface area contributed by atoms with Crippen molar-refractivity contribution >= 4 is 5.78 Å². The van der Waals surface area contributed by atoms with E-state index in [-0.39, 0.29) is 0 Å². The molecule has 62 valence electrons. The van der Waals surface area contributed by atoms with Gasteiger partial charge in [-0.05, 0) is 14.1 Å². The Morgan fingerprint density at radius 1 is 1.30 bits per heavy atom. The topological polar surface area (TPSA) is 20.3 Å². The van der Waals surface area contributed by atoms with Gasteiger partial charge in [0.05, 0.1) is 6.54 Å². The zero-order valence-electron chi connectivity index (χ0n) is 7.77. The van der Waals surface area contributed by atoms with Crippen LogP contribution in [0.5, 0.6) is 0 Å². The fourth-order valence-electron chi connectivity index (χ4n) is 0.465. The number of hydrogen-bond acceptors (Lipinski definition) is 2. The predicted molar refractivity (Wildman–Crippen MR) is 45.2 cm³/mol. The van der Waals surface area contributed by atoms with Crippen molar-refractivity contribution < 1.29 is 4.79 Å².